The van der Waals surface area contributed by atoms with Crippen molar-refractivity contribution >= 4 is 5.69 Å². The maximum absolute atomic E-state index is 8.96. The first-order chi connectivity index (χ1) is 8.85. The Hall–Kier alpha value is -2.85. The van der Waals surface area contributed by atoms with Crippen LogP contribution in [0.25, 0.3) is 0 Å². The predicted molar refractivity (Wildman–Crippen MR) is 67.4 cm³/mol. The topological polar surface area (TPSA) is 72.5 Å². The normalized spacial score (nSPS) is 9.22. The minimum absolute atomic E-state index is 0.402. The molecule has 0 amide bonds. The van der Waals surface area contributed by atoms with Gasteiger partial charge in [-0.05, 0) is 18.2 Å². The molecule has 0 fully saturated rings. The van der Waals surface area contributed by atoms with Gasteiger partial charge in [0, 0.05) is 18.3 Å². The van der Waals surface area contributed by atoms with E-state index in [2.05, 4.69) is 16.4 Å². The van der Waals surface area contributed by atoms with Crippen molar-refractivity contribution in [1.82, 2.24) is 4.98 Å². The second kappa shape index (κ2) is 5.47. The Kier molecular flexibility index (Phi) is 3.53. The molecule has 0 saturated carbocycles. The number of hydrogen-bond donors (Lipinski definition) is 1. The van der Waals surface area contributed by atoms with Gasteiger partial charge in [-0.3, -0.25) is 0 Å². The minimum Gasteiger partial charge on any atom is -0.380 e. The van der Waals surface area contributed by atoms with E-state index in [0.29, 0.717) is 17.8 Å². The summed E-state index contributed by atoms with van der Waals surface area (Å²) in [6.45, 7) is 0.468. The van der Waals surface area contributed by atoms with Gasteiger partial charge in [-0.1, -0.05) is 18.2 Å². The smallest absolute Gasteiger partial charge is 0.145 e. The summed E-state index contributed by atoms with van der Waals surface area (Å²) in [7, 11) is 0. The summed E-state index contributed by atoms with van der Waals surface area (Å²) in [4.78, 5) is 3.99. The van der Waals surface area contributed by atoms with Crippen molar-refractivity contribution in [3.8, 4) is 12.1 Å². The lowest BCUT2D eigenvalue weighted by Crippen LogP contribution is -2.03. The van der Waals surface area contributed by atoms with E-state index < -0.39 is 0 Å². The number of benzene rings is 1. The zero-order valence-electron chi connectivity index (χ0n) is 9.59. The van der Waals surface area contributed by atoms with Gasteiger partial charge >= 0.3 is 0 Å². The van der Waals surface area contributed by atoms with E-state index in [4.69, 9.17) is 10.5 Å². The molecule has 86 valence electrons. The molecule has 2 aromatic rings. The van der Waals surface area contributed by atoms with Crippen LogP contribution in [0.5, 0.6) is 0 Å². The summed E-state index contributed by atoms with van der Waals surface area (Å²) in [6.07, 6.45) is 1.59. The Morgan fingerprint density at radius 3 is 2.67 bits per heavy atom. The largest absolute Gasteiger partial charge is 0.380 e. The fraction of sp³-hybridized carbons (Fsp3) is 0.0714. The van der Waals surface area contributed by atoms with E-state index in [0.717, 1.165) is 11.3 Å². The second-order valence-electron chi connectivity index (χ2n) is 3.63. The Morgan fingerprint density at radius 2 is 1.89 bits per heavy atom. The molecule has 4 nitrogen and oxygen atoms in total. The monoisotopic (exact) mass is 234 g/mol. The number of rotatable bonds is 3. The van der Waals surface area contributed by atoms with Crippen LogP contribution in [0.3, 0.4) is 0 Å². The highest BCUT2D eigenvalue weighted by atomic mass is 14.9. The van der Waals surface area contributed by atoms with Gasteiger partial charge in [0.15, 0.2) is 0 Å². The van der Waals surface area contributed by atoms with Crippen molar-refractivity contribution in [2.45, 2.75) is 6.54 Å². The van der Waals surface area contributed by atoms with Crippen LogP contribution in [0.4, 0.5) is 5.69 Å². The molecule has 4 heteroatoms. The van der Waals surface area contributed by atoms with E-state index in [9.17, 15) is 0 Å². The number of nitrogens with zero attached hydrogens (tertiary/aromatic N) is 3. The molecule has 0 aliphatic carbocycles. The molecule has 0 radical (unpaired) electrons. The van der Waals surface area contributed by atoms with Crippen LogP contribution in [0.1, 0.15) is 16.8 Å². The van der Waals surface area contributed by atoms with Crippen molar-refractivity contribution in [1.29, 1.82) is 10.5 Å². The highest BCUT2D eigenvalue weighted by Crippen LogP contribution is 2.15. The summed E-state index contributed by atoms with van der Waals surface area (Å²) >= 11 is 0. The van der Waals surface area contributed by atoms with Gasteiger partial charge in [0.1, 0.15) is 17.8 Å². The van der Waals surface area contributed by atoms with Crippen LogP contribution in [0, 0.1) is 22.7 Å². The van der Waals surface area contributed by atoms with Crippen molar-refractivity contribution in [3.63, 3.8) is 0 Å². The number of pyridine rings is 1. The lowest BCUT2D eigenvalue weighted by molar-refractivity contribution is 1.09. The minimum atomic E-state index is 0.402. The average Bonchev–Trinajstić information content (AvgIpc) is 2.45. The Labute approximate surface area is 105 Å². The van der Waals surface area contributed by atoms with Crippen molar-refractivity contribution in [2.24, 2.45) is 0 Å². The van der Waals surface area contributed by atoms with Crippen LogP contribution in [-0.4, -0.2) is 4.98 Å². The second-order valence-corrected chi connectivity index (χ2v) is 3.63. The molecule has 0 aliphatic heterocycles. The van der Waals surface area contributed by atoms with Gasteiger partial charge in [0.05, 0.1) is 11.3 Å². The van der Waals surface area contributed by atoms with Crippen LogP contribution in [0.15, 0.2) is 42.6 Å². The first-order valence-electron chi connectivity index (χ1n) is 5.42. The van der Waals surface area contributed by atoms with E-state index in [1.165, 1.54) is 0 Å². The number of anilines is 1. The first kappa shape index (κ1) is 11.6. The number of aromatic nitrogens is 1. The van der Waals surface area contributed by atoms with Crippen LogP contribution in [0.2, 0.25) is 0 Å². The maximum atomic E-state index is 8.96. The van der Waals surface area contributed by atoms with Crippen LogP contribution >= 0.6 is 0 Å². The van der Waals surface area contributed by atoms with E-state index >= 15 is 0 Å². The summed E-state index contributed by atoms with van der Waals surface area (Å²) < 4.78 is 0. The highest BCUT2D eigenvalue weighted by Gasteiger charge is 2.04. The summed E-state index contributed by atoms with van der Waals surface area (Å²) in [5, 5.41) is 21.0. The summed E-state index contributed by atoms with van der Waals surface area (Å²) in [5.74, 6) is 0. The van der Waals surface area contributed by atoms with E-state index in [1.807, 2.05) is 30.3 Å². The summed E-state index contributed by atoms with van der Waals surface area (Å²) in [5.41, 5.74) is 2.56. The molecule has 0 spiro atoms. The molecular weight excluding hydrogens is 224 g/mol. The molecule has 0 saturated heterocycles. The predicted octanol–water partition coefficient (Wildman–Crippen LogP) is 2.44. The molecule has 18 heavy (non-hydrogen) atoms. The number of para-hydroxylation sites is 1. The maximum Gasteiger partial charge on any atom is 0.145 e. The zero-order chi connectivity index (χ0) is 12.8. The summed E-state index contributed by atoms with van der Waals surface area (Å²) in [6, 6.07) is 15.0. The third-order valence-corrected chi connectivity index (χ3v) is 2.51. The standard InChI is InChI=1S/C14H10N4/c15-8-11-4-1-2-6-13(11)18-10-12-5-3-7-17-14(12)9-16/h1-7,18H,10H2. The number of nitrogens with one attached hydrogen (secondary N) is 1. The van der Waals surface area contributed by atoms with Crippen molar-refractivity contribution in [2.75, 3.05) is 5.32 Å². The average molecular weight is 234 g/mol. The zero-order valence-corrected chi connectivity index (χ0v) is 9.59. The Bertz CT molecular complexity index is 577. The molecule has 0 aliphatic rings. The Morgan fingerprint density at radius 1 is 1.06 bits per heavy atom. The third-order valence-electron chi connectivity index (χ3n) is 2.51. The molecule has 2 rings (SSSR count). The van der Waals surface area contributed by atoms with Gasteiger partial charge in [0.25, 0.3) is 0 Å². The van der Waals surface area contributed by atoms with Gasteiger partial charge < -0.3 is 5.32 Å². The van der Waals surface area contributed by atoms with Crippen molar-refractivity contribution < 1.29 is 0 Å². The molecule has 1 aromatic heterocycles. The van der Waals surface area contributed by atoms with Gasteiger partial charge in [-0.25, -0.2) is 4.98 Å². The molecule has 1 heterocycles. The molecule has 0 unspecified atom stereocenters. The third kappa shape index (κ3) is 2.45. The van der Waals surface area contributed by atoms with E-state index in [1.54, 1.807) is 18.3 Å². The Balaban J connectivity index is 2.18. The molecule has 0 bridgehead atoms. The van der Waals surface area contributed by atoms with Gasteiger partial charge in [-0.15, -0.1) is 0 Å². The fourth-order valence-electron chi connectivity index (χ4n) is 1.61. The van der Waals surface area contributed by atoms with E-state index in [-0.39, 0.29) is 0 Å². The highest BCUT2D eigenvalue weighted by molar-refractivity contribution is 5.57. The fourth-order valence-corrected chi connectivity index (χ4v) is 1.61. The first-order valence-corrected chi connectivity index (χ1v) is 5.42. The van der Waals surface area contributed by atoms with Crippen LogP contribution < -0.4 is 5.32 Å². The number of hydrogen-bond acceptors (Lipinski definition) is 4. The quantitative estimate of drug-likeness (QED) is 0.885. The SMILES string of the molecule is N#Cc1ccccc1NCc1cccnc1C#N. The lowest BCUT2D eigenvalue weighted by Gasteiger charge is -2.08. The molecule has 0 atom stereocenters. The van der Waals surface area contributed by atoms with Gasteiger partial charge in [0.2, 0.25) is 0 Å². The molecule has 1 aromatic carbocycles. The number of nitriles is 2. The van der Waals surface area contributed by atoms with Crippen LogP contribution in [-0.2, 0) is 6.54 Å². The molecular formula is C14H10N4. The van der Waals surface area contributed by atoms with Crippen molar-refractivity contribution in [3.05, 3.63) is 59.4 Å². The molecule has 1 N–H and O–H groups in total. The lowest BCUT2D eigenvalue weighted by atomic mass is 10.1. The van der Waals surface area contributed by atoms with Gasteiger partial charge in [-0.2, -0.15) is 10.5 Å².